The molecule has 2 aliphatic heterocycles. The van der Waals surface area contributed by atoms with Gasteiger partial charge in [0.05, 0.1) is 5.56 Å². The van der Waals surface area contributed by atoms with Crippen molar-refractivity contribution in [2.75, 3.05) is 23.3 Å². The highest BCUT2D eigenvalue weighted by Crippen LogP contribution is 2.46. The van der Waals surface area contributed by atoms with Crippen LogP contribution in [-0.4, -0.2) is 29.8 Å². The molecular weight excluding hydrogens is 366 g/mol. The normalized spacial score (nSPS) is 19.9. The van der Waals surface area contributed by atoms with Gasteiger partial charge in [-0.3, -0.25) is 4.79 Å². The van der Waals surface area contributed by atoms with Crippen LogP contribution in [-0.2, 0) is 0 Å². The summed E-state index contributed by atoms with van der Waals surface area (Å²) in [6.45, 7) is 1.90. The Balaban J connectivity index is 1.33. The average Bonchev–Trinajstić information content (AvgIpc) is 3.11. The van der Waals surface area contributed by atoms with Crippen molar-refractivity contribution in [2.24, 2.45) is 0 Å². The largest absolute Gasteiger partial charge is 0.448 e. The Labute approximate surface area is 171 Å². The van der Waals surface area contributed by atoms with E-state index in [0.29, 0.717) is 17.0 Å². The van der Waals surface area contributed by atoms with Crippen LogP contribution in [0.2, 0.25) is 0 Å². The molecule has 2 fully saturated rings. The van der Waals surface area contributed by atoms with E-state index in [0.717, 1.165) is 63.2 Å². The molecule has 0 unspecified atom stereocenters. The predicted octanol–water partition coefficient (Wildman–Crippen LogP) is 4.76. The Bertz CT molecular complexity index is 902. The van der Waals surface area contributed by atoms with Crippen LogP contribution in [0.25, 0.3) is 0 Å². The fourth-order valence-electron chi connectivity index (χ4n) is 4.60. The first-order valence-corrected chi connectivity index (χ1v) is 10.8. The Morgan fingerprint density at radius 2 is 1.72 bits per heavy atom. The average molecular weight is 393 g/mol. The minimum absolute atomic E-state index is 0.148. The number of hydrogen-bond acceptors (Lipinski definition) is 5. The second-order valence-electron chi connectivity index (χ2n) is 8.21. The van der Waals surface area contributed by atoms with Crippen LogP contribution in [0, 0.1) is 0 Å². The van der Waals surface area contributed by atoms with E-state index in [-0.39, 0.29) is 5.91 Å². The number of aromatic nitrogens is 1. The van der Waals surface area contributed by atoms with Crippen molar-refractivity contribution in [1.29, 1.82) is 0 Å². The number of nitrogens with one attached hydrogen (secondary N) is 1. The maximum Gasteiger partial charge on any atom is 0.259 e. The maximum absolute atomic E-state index is 13.0. The summed E-state index contributed by atoms with van der Waals surface area (Å²) in [5, 5.41) is 3.02. The molecule has 0 radical (unpaired) electrons. The second-order valence-corrected chi connectivity index (χ2v) is 8.21. The maximum atomic E-state index is 13.0. The van der Waals surface area contributed by atoms with E-state index < -0.39 is 5.79 Å². The zero-order valence-corrected chi connectivity index (χ0v) is 16.7. The minimum atomic E-state index is -0.506. The number of ether oxygens (including phenoxy) is 2. The molecule has 1 aromatic heterocycles. The quantitative estimate of drug-likeness (QED) is 0.815. The molecule has 1 aromatic carbocycles. The lowest BCUT2D eigenvalue weighted by molar-refractivity contribution is -0.105. The van der Waals surface area contributed by atoms with Crippen LogP contribution in [0.4, 0.5) is 11.5 Å². The summed E-state index contributed by atoms with van der Waals surface area (Å²) in [6.07, 6.45) is 10.6. The van der Waals surface area contributed by atoms with E-state index in [1.807, 2.05) is 30.3 Å². The van der Waals surface area contributed by atoms with Gasteiger partial charge >= 0.3 is 0 Å². The molecule has 6 nitrogen and oxygen atoms in total. The zero-order chi connectivity index (χ0) is 19.7. The summed E-state index contributed by atoms with van der Waals surface area (Å²) in [5.74, 6) is 1.59. The number of hydrogen-bond donors (Lipinski definition) is 1. The van der Waals surface area contributed by atoms with E-state index in [1.165, 1.54) is 12.8 Å². The van der Waals surface area contributed by atoms with Gasteiger partial charge in [0.2, 0.25) is 0 Å². The third-order valence-electron chi connectivity index (χ3n) is 6.10. The van der Waals surface area contributed by atoms with Gasteiger partial charge in [-0.25, -0.2) is 4.98 Å². The highest BCUT2D eigenvalue weighted by Gasteiger charge is 2.42. The first kappa shape index (κ1) is 18.3. The number of benzene rings is 1. The number of carbonyl (C=O) groups is 1. The molecule has 3 aliphatic rings. The smallest absolute Gasteiger partial charge is 0.259 e. The van der Waals surface area contributed by atoms with E-state index in [1.54, 1.807) is 6.20 Å². The number of piperidine rings is 1. The van der Waals surface area contributed by atoms with Crippen molar-refractivity contribution in [1.82, 2.24) is 4.98 Å². The third kappa shape index (κ3) is 3.63. The SMILES string of the molecule is O=C(Nc1ccc2c(c1)OC1(CCCCC1)O2)c1cccnc1N1CCCCC1. The van der Waals surface area contributed by atoms with Crippen LogP contribution >= 0.6 is 0 Å². The molecule has 3 heterocycles. The number of carbonyl (C=O) groups excluding carboxylic acids is 1. The minimum Gasteiger partial charge on any atom is -0.448 e. The number of pyridine rings is 1. The number of anilines is 2. The molecule has 1 amide bonds. The van der Waals surface area contributed by atoms with Crippen molar-refractivity contribution in [3.8, 4) is 11.5 Å². The molecule has 0 atom stereocenters. The van der Waals surface area contributed by atoms with Gasteiger partial charge in [0, 0.05) is 43.9 Å². The molecule has 5 rings (SSSR count). The lowest BCUT2D eigenvalue weighted by Gasteiger charge is -2.31. The van der Waals surface area contributed by atoms with Gasteiger partial charge in [-0.1, -0.05) is 6.42 Å². The summed E-state index contributed by atoms with van der Waals surface area (Å²) >= 11 is 0. The van der Waals surface area contributed by atoms with Crippen LogP contribution in [0.3, 0.4) is 0 Å². The third-order valence-corrected chi connectivity index (χ3v) is 6.10. The lowest BCUT2D eigenvalue weighted by atomic mass is 9.94. The molecule has 1 saturated carbocycles. The molecule has 1 spiro atoms. The van der Waals surface area contributed by atoms with Crippen LogP contribution < -0.4 is 19.7 Å². The fraction of sp³-hybridized carbons (Fsp3) is 0.478. The summed E-state index contributed by atoms with van der Waals surface area (Å²) in [7, 11) is 0. The van der Waals surface area contributed by atoms with E-state index in [2.05, 4.69) is 15.2 Å². The number of amides is 1. The summed E-state index contributed by atoms with van der Waals surface area (Å²) < 4.78 is 12.3. The standard InChI is InChI=1S/C23H27N3O3/c27-22(18-8-7-13-24-21(18)26-14-5-2-6-15-26)25-17-9-10-19-20(16-17)29-23(28-19)11-3-1-4-12-23/h7-10,13,16H,1-6,11-12,14-15H2,(H,25,27). The Kier molecular flexibility index (Phi) is 4.78. The molecule has 1 saturated heterocycles. The van der Waals surface area contributed by atoms with Gasteiger partial charge in [-0.15, -0.1) is 0 Å². The zero-order valence-electron chi connectivity index (χ0n) is 16.7. The Morgan fingerprint density at radius 1 is 0.966 bits per heavy atom. The van der Waals surface area contributed by atoms with Gasteiger partial charge < -0.3 is 19.7 Å². The molecule has 29 heavy (non-hydrogen) atoms. The van der Waals surface area contributed by atoms with Crippen molar-refractivity contribution in [2.45, 2.75) is 57.2 Å². The van der Waals surface area contributed by atoms with Crippen LogP contribution in [0.1, 0.15) is 61.7 Å². The molecule has 1 N–H and O–H groups in total. The van der Waals surface area contributed by atoms with Gasteiger partial charge in [0.25, 0.3) is 11.7 Å². The first-order chi connectivity index (χ1) is 14.2. The van der Waals surface area contributed by atoms with Crippen LogP contribution in [0.15, 0.2) is 36.5 Å². The van der Waals surface area contributed by atoms with Crippen LogP contribution in [0.5, 0.6) is 11.5 Å². The fourth-order valence-corrected chi connectivity index (χ4v) is 4.60. The van der Waals surface area contributed by atoms with Gasteiger partial charge in [0.15, 0.2) is 11.5 Å². The molecule has 1 aliphatic carbocycles. The van der Waals surface area contributed by atoms with Gasteiger partial charge in [-0.2, -0.15) is 0 Å². The summed E-state index contributed by atoms with van der Waals surface area (Å²) in [6, 6.07) is 9.29. The van der Waals surface area contributed by atoms with Gasteiger partial charge in [-0.05, 0) is 56.4 Å². The molecule has 2 aromatic rings. The van der Waals surface area contributed by atoms with Crippen molar-refractivity contribution < 1.29 is 14.3 Å². The summed E-state index contributed by atoms with van der Waals surface area (Å²) in [4.78, 5) is 19.7. The second kappa shape index (κ2) is 7.58. The Hall–Kier alpha value is -2.76. The van der Waals surface area contributed by atoms with Gasteiger partial charge in [0.1, 0.15) is 5.82 Å². The van der Waals surface area contributed by atoms with E-state index >= 15 is 0 Å². The highest BCUT2D eigenvalue weighted by atomic mass is 16.7. The Morgan fingerprint density at radius 3 is 2.55 bits per heavy atom. The molecule has 152 valence electrons. The molecule has 6 heteroatoms. The lowest BCUT2D eigenvalue weighted by Crippen LogP contribution is -2.40. The first-order valence-electron chi connectivity index (χ1n) is 10.8. The monoisotopic (exact) mass is 393 g/mol. The van der Waals surface area contributed by atoms with E-state index in [9.17, 15) is 4.79 Å². The van der Waals surface area contributed by atoms with Crippen molar-refractivity contribution >= 4 is 17.4 Å². The summed E-state index contributed by atoms with van der Waals surface area (Å²) in [5.41, 5.74) is 1.31. The molecular formula is C23H27N3O3. The predicted molar refractivity (Wildman–Crippen MR) is 112 cm³/mol. The number of rotatable bonds is 3. The topological polar surface area (TPSA) is 63.7 Å². The van der Waals surface area contributed by atoms with Crippen molar-refractivity contribution in [3.63, 3.8) is 0 Å². The number of fused-ring (bicyclic) bond motifs is 1. The molecule has 0 bridgehead atoms. The highest BCUT2D eigenvalue weighted by molar-refractivity contribution is 6.07. The number of nitrogens with zero attached hydrogens (tertiary/aromatic N) is 2. The van der Waals surface area contributed by atoms with E-state index in [4.69, 9.17) is 9.47 Å². The van der Waals surface area contributed by atoms with Crippen molar-refractivity contribution in [3.05, 3.63) is 42.1 Å².